The highest BCUT2D eigenvalue weighted by Gasteiger charge is 2.27. The van der Waals surface area contributed by atoms with Gasteiger partial charge in [-0.2, -0.15) is 0 Å². The van der Waals surface area contributed by atoms with E-state index < -0.39 is 0 Å². The number of hydrogen-bond donors (Lipinski definition) is 1. The largest absolute Gasteiger partial charge is 0.316 e. The third-order valence-corrected chi connectivity index (χ3v) is 2.35. The van der Waals surface area contributed by atoms with E-state index in [9.17, 15) is 10.1 Å². The van der Waals surface area contributed by atoms with Crippen LogP contribution in [0.5, 0.6) is 0 Å². The minimum Gasteiger partial charge on any atom is -0.316 e. The molecule has 1 rings (SSSR count). The van der Waals surface area contributed by atoms with Gasteiger partial charge in [-0.3, -0.25) is 10.1 Å². The lowest BCUT2D eigenvalue weighted by Crippen LogP contribution is -2.38. The van der Waals surface area contributed by atoms with Crippen LogP contribution in [-0.4, -0.2) is 24.1 Å². The number of hydrogen-bond acceptors (Lipinski definition) is 3. The third-order valence-electron chi connectivity index (χ3n) is 2.35. The van der Waals surface area contributed by atoms with Crippen LogP contribution in [0.25, 0.3) is 0 Å². The monoisotopic (exact) mass is 158 g/mol. The quantitative estimate of drug-likeness (QED) is 0.474. The molecule has 4 nitrogen and oxygen atoms in total. The number of nitrogens with zero attached hydrogens (tertiary/aromatic N) is 1. The summed E-state index contributed by atoms with van der Waals surface area (Å²) in [4.78, 5) is 10.2. The van der Waals surface area contributed by atoms with Crippen molar-refractivity contribution >= 4 is 0 Å². The van der Waals surface area contributed by atoms with Gasteiger partial charge < -0.3 is 5.32 Å². The van der Waals surface area contributed by atoms with Gasteiger partial charge >= 0.3 is 0 Å². The summed E-state index contributed by atoms with van der Waals surface area (Å²) in [7, 11) is 0. The first-order valence-electron chi connectivity index (χ1n) is 4.06. The Kier molecular flexibility index (Phi) is 2.82. The van der Waals surface area contributed by atoms with E-state index in [2.05, 4.69) is 5.32 Å². The molecule has 0 spiro atoms. The van der Waals surface area contributed by atoms with E-state index in [4.69, 9.17) is 0 Å². The van der Waals surface area contributed by atoms with Crippen molar-refractivity contribution in [2.75, 3.05) is 13.1 Å². The van der Waals surface area contributed by atoms with Crippen molar-refractivity contribution in [3.8, 4) is 0 Å². The van der Waals surface area contributed by atoms with E-state index in [0.717, 1.165) is 25.9 Å². The molecule has 1 aliphatic rings. The van der Waals surface area contributed by atoms with Crippen LogP contribution in [-0.2, 0) is 0 Å². The summed E-state index contributed by atoms with van der Waals surface area (Å²) in [6.07, 6.45) is 2.07. The van der Waals surface area contributed by atoms with Crippen LogP contribution in [0.1, 0.15) is 19.8 Å². The molecule has 0 aromatic rings. The molecule has 2 unspecified atom stereocenters. The number of rotatable bonds is 2. The molecule has 1 aliphatic heterocycles. The van der Waals surface area contributed by atoms with Crippen molar-refractivity contribution in [1.82, 2.24) is 5.32 Å². The SMILES string of the molecule is CC(C1CCCNC1)[N+](=O)[O-]. The molecule has 1 saturated heterocycles. The van der Waals surface area contributed by atoms with Crippen LogP contribution in [0.2, 0.25) is 0 Å². The molecule has 1 N–H and O–H groups in total. The van der Waals surface area contributed by atoms with Crippen LogP contribution in [0.4, 0.5) is 0 Å². The fourth-order valence-corrected chi connectivity index (χ4v) is 1.46. The molecule has 1 heterocycles. The van der Waals surface area contributed by atoms with Crippen molar-refractivity contribution in [2.45, 2.75) is 25.8 Å². The number of piperidine rings is 1. The Morgan fingerprint density at radius 3 is 2.91 bits per heavy atom. The van der Waals surface area contributed by atoms with Gasteiger partial charge in [0, 0.05) is 24.3 Å². The van der Waals surface area contributed by atoms with Gasteiger partial charge in [0.25, 0.3) is 0 Å². The normalized spacial score (nSPS) is 27.9. The van der Waals surface area contributed by atoms with Crippen LogP contribution in [0, 0.1) is 16.0 Å². The Bertz CT molecular complexity index is 143. The predicted molar refractivity (Wildman–Crippen MR) is 42.1 cm³/mol. The Morgan fingerprint density at radius 1 is 1.73 bits per heavy atom. The summed E-state index contributed by atoms with van der Waals surface area (Å²) in [5.41, 5.74) is 0. The van der Waals surface area contributed by atoms with Crippen molar-refractivity contribution in [2.24, 2.45) is 5.92 Å². The summed E-state index contributed by atoms with van der Waals surface area (Å²) < 4.78 is 0. The number of nitrogens with one attached hydrogen (secondary N) is 1. The molecule has 1 fully saturated rings. The highest BCUT2D eigenvalue weighted by atomic mass is 16.6. The fourth-order valence-electron chi connectivity index (χ4n) is 1.46. The van der Waals surface area contributed by atoms with Crippen molar-refractivity contribution < 1.29 is 4.92 Å². The highest BCUT2D eigenvalue weighted by Crippen LogP contribution is 2.15. The van der Waals surface area contributed by atoms with Gasteiger partial charge in [-0.15, -0.1) is 0 Å². The van der Waals surface area contributed by atoms with Gasteiger partial charge in [-0.25, -0.2) is 0 Å². The average molecular weight is 158 g/mol. The Labute approximate surface area is 66.1 Å². The molecule has 2 atom stereocenters. The van der Waals surface area contributed by atoms with Gasteiger partial charge in [0.1, 0.15) is 0 Å². The van der Waals surface area contributed by atoms with E-state index in [1.54, 1.807) is 6.92 Å². The summed E-state index contributed by atoms with van der Waals surface area (Å²) in [5, 5.41) is 13.5. The summed E-state index contributed by atoms with van der Waals surface area (Å²) in [6.45, 7) is 3.51. The van der Waals surface area contributed by atoms with E-state index >= 15 is 0 Å². The molecule has 4 heteroatoms. The maximum absolute atomic E-state index is 10.4. The summed E-state index contributed by atoms with van der Waals surface area (Å²) >= 11 is 0. The van der Waals surface area contributed by atoms with E-state index in [1.807, 2.05) is 0 Å². The van der Waals surface area contributed by atoms with Gasteiger partial charge in [0.15, 0.2) is 0 Å². The molecule has 11 heavy (non-hydrogen) atoms. The second kappa shape index (κ2) is 3.67. The van der Waals surface area contributed by atoms with Crippen LogP contribution in [0.3, 0.4) is 0 Å². The van der Waals surface area contributed by atoms with Gasteiger partial charge in [0.05, 0.1) is 0 Å². The minimum absolute atomic E-state index is 0.183. The minimum atomic E-state index is -0.386. The molecule has 0 aromatic carbocycles. The topological polar surface area (TPSA) is 55.2 Å². The van der Waals surface area contributed by atoms with Crippen LogP contribution >= 0.6 is 0 Å². The van der Waals surface area contributed by atoms with E-state index in [1.165, 1.54) is 0 Å². The van der Waals surface area contributed by atoms with Crippen molar-refractivity contribution in [1.29, 1.82) is 0 Å². The first kappa shape index (κ1) is 8.46. The lowest BCUT2D eigenvalue weighted by molar-refractivity contribution is -0.527. The molecule has 0 aromatic heterocycles. The zero-order chi connectivity index (χ0) is 8.27. The Morgan fingerprint density at radius 2 is 2.45 bits per heavy atom. The van der Waals surface area contributed by atoms with Crippen LogP contribution < -0.4 is 5.32 Å². The molecule has 0 bridgehead atoms. The fraction of sp³-hybridized carbons (Fsp3) is 1.00. The molecule has 0 aliphatic carbocycles. The zero-order valence-electron chi connectivity index (χ0n) is 6.75. The lowest BCUT2D eigenvalue weighted by Gasteiger charge is -2.22. The Balaban J connectivity index is 2.38. The maximum Gasteiger partial charge on any atom is 0.214 e. The lowest BCUT2D eigenvalue weighted by atomic mass is 9.93. The summed E-state index contributed by atoms with van der Waals surface area (Å²) in [5.74, 6) is 0.235. The average Bonchev–Trinajstić information content (AvgIpc) is 2.05. The maximum atomic E-state index is 10.4. The van der Waals surface area contributed by atoms with Crippen LogP contribution in [0.15, 0.2) is 0 Å². The molecule has 64 valence electrons. The molecular weight excluding hydrogens is 144 g/mol. The predicted octanol–water partition coefficient (Wildman–Crippen LogP) is 0.651. The first-order valence-corrected chi connectivity index (χ1v) is 4.06. The third kappa shape index (κ3) is 2.15. The van der Waals surface area contributed by atoms with Gasteiger partial charge in [-0.05, 0) is 19.4 Å². The van der Waals surface area contributed by atoms with E-state index in [0.29, 0.717) is 0 Å². The standard InChI is InChI=1S/C7H14N2O2/c1-6(9(10)11)7-3-2-4-8-5-7/h6-8H,2-5H2,1H3. The van der Waals surface area contributed by atoms with Gasteiger partial charge in [0.2, 0.25) is 6.04 Å². The first-order chi connectivity index (χ1) is 5.22. The summed E-state index contributed by atoms with van der Waals surface area (Å²) in [6, 6.07) is -0.386. The van der Waals surface area contributed by atoms with E-state index in [-0.39, 0.29) is 16.9 Å². The van der Waals surface area contributed by atoms with Crippen molar-refractivity contribution in [3.05, 3.63) is 10.1 Å². The molecular formula is C7H14N2O2. The van der Waals surface area contributed by atoms with Crippen molar-refractivity contribution in [3.63, 3.8) is 0 Å². The van der Waals surface area contributed by atoms with Gasteiger partial charge in [-0.1, -0.05) is 0 Å². The second-order valence-corrected chi connectivity index (χ2v) is 3.13. The molecule has 0 saturated carbocycles. The highest BCUT2D eigenvalue weighted by molar-refractivity contribution is 4.73. The molecule has 0 radical (unpaired) electrons. The smallest absolute Gasteiger partial charge is 0.214 e. The second-order valence-electron chi connectivity index (χ2n) is 3.13. The molecule has 0 amide bonds. The Hall–Kier alpha value is -0.640. The zero-order valence-corrected chi connectivity index (χ0v) is 6.75. The number of nitro groups is 1.